The molecule has 0 N–H and O–H groups in total. The van der Waals surface area contributed by atoms with Gasteiger partial charge in [0.2, 0.25) is 0 Å². The van der Waals surface area contributed by atoms with Crippen LogP contribution in [0.25, 0.3) is 22.2 Å². The summed E-state index contributed by atoms with van der Waals surface area (Å²) in [5.74, 6) is 0. The first-order chi connectivity index (χ1) is 11.2. The van der Waals surface area contributed by atoms with Crippen LogP contribution in [0.5, 0.6) is 0 Å². The fourth-order valence-corrected chi connectivity index (χ4v) is 4.16. The van der Waals surface area contributed by atoms with E-state index in [1.165, 1.54) is 26.3 Å². The van der Waals surface area contributed by atoms with Crippen LogP contribution in [0.3, 0.4) is 0 Å². The first kappa shape index (κ1) is 14.7. The maximum atomic E-state index is 4.95. The monoisotopic (exact) mass is 324 g/mol. The van der Waals surface area contributed by atoms with Crippen LogP contribution in [0, 0.1) is 6.92 Å². The summed E-state index contributed by atoms with van der Waals surface area (Å²) in [5.41, 5.74) is 4.78. The van der Waals surface area contributed by atoms with E-state index in [1.807, 2.05) is 24.2 Å². The summed E-state index contributed by atoms with van der Waals surface area (Å²) in [7, 11) is 2.15. The SMILES string of the molecule is CCN(C)CCn1nc2c3c(c(C)ccc31)Sc1ccncc1-2. The van der Waals surface area contributed by atoms with E-state index < -0.39 is 0 Å². The van der Waals surface area contributed by atoms with Gasteiger partial charge < -0.3 is 4.90 Å². The van der Waals surface area contributed by atoms with Gasteiger partial charge in [0.25, 0.3) is 0 Å². The molecule has 3 heterocycles. The van der Waals surface area contributed by atoms with Crippen molar-refractivity contribution in [2.45, 2.75) is 30.2 Å². The van der Waals surface area contributed by atoms with Gasteiger partial charge in [-0.3, -0.25) is 9.67 Å². The van der Waals surface area contributed by atoms with Crippen LogP contribution in [-0.2, 0) is 6.54 Å². The number of benzene rings is 1. The van der Waals surface area contributed by atoms with Gasteiger partial charge in [-0.1, -0.05) is 24.8 Å². The third-order valence-corrected chi connectivity index (χ3v) is 5.86. The van der Waals surface area contributed by atoms with E-state index >= 15 is 0 Å². The number of rotatable bonds is 4. The van der Waals surface area contributed by atoms with Crippen LogP contribution in [0.2, 0.25) is 0 Å². The second-order valence-electron chi connectivity index (χ2n) is 6.05. The lowest BCUT2D eigenvalue weighted by Gasteiger charge is -2.16. The number of likely N-dealkylation sites (N-methyl/N-ethyl adjacent to an activating group) is 1. The molecule has 3 aromatic rings. The largest absolute Gasteiger partial charge is 0.305 e. The predicted molar refractivity (Wildman–Crippen MR) is 95.0 cm³/mol. The molecule has 0 bridgehead atoms. The molecule has 0 amide bonds. The molecule has 5 heteroatoms. The second kappa shape index (κ2) is 5.65. The van der Waals surface area contributed by atoms with Crippen LogP contribution in [0.4, 0.5) is 0 Å². The molecule has 0 saturated heterocycles. The highest BCUT2D eigenvalue weighted by molar-refractivity contribution is 7.99. The van der Waals surface area contributed by atoms with E-state index in [-0.39, 0.29) is 0 Å². The normalized spacial score (nSPS) is 12.9. The molecule has 23 heavy (non-hydrogen) atoms. The van der Waals surface area contributed by atoms with Crippen molar-refractivity contribution >= 4 is 22.7 Å². The first-order valence-electron chi connectivity index (χ1n) is 8.00. The van der Waals surface area contributed by atoms with Crippen molar-refractivity contribution < 1.29 is 0 Å². The minimum absolute atomic E-state index is 0.906. The topological polar surface area (TPSA) is 34.0 Å². The molecule has 4 nitrogen and oxygen atoms in total. The standard InChI is InChI=1S/C18H20N4S/c1-4-21(3)9-10-22-14-6-5-12(2)18-16(14)17(20-22)13-11-19-8-7-15(13)23-18/h5-8,11H,4,9-10H2,1-3H3. The van der Waals surface area contributed by atoms with E-state index in [0.717, 1.165) is 30.9 Å². The van der Waals surface area contributed by atoms with Crippen molar-refractivity contribution in [3.05, 3.63) is 36.2 Å². The molecule has 1 aromatic carbocycles. The summed E-state index contributed by atoms with van der Waals surface area (Å²) in [4.78, 5) is 9.21. The number of hydrogen-bond acceptors (Lipinski definition) is 4. The molecule has 1 aliphatic rings. The van der Waals surface area contributed by atoms with Crippen molar-refractivity contribution in [2.24, 2.45) is 0 Å². The summed E-state index contributed by atoms with van der Waals surface area (Å²) in [6.45, 7) is 7.33. The van der Waals surface area contributed by atoms with Gasteiger partial charge in [-0.05, 0) is 38.2 Å². The summed E-state index contributed by atoms with van der Waals surface area (Å²) in [6.07, 6.45) is 3.80. The molecule has 4 rings (SSSR count). The zero-order valence-electron chi connectivity index (χ0n) is 13.7. The van der Waals surface area contributed by atoms with Gasteiger partial charge in [0.1, 0.15) is 5.69 Å². The Hall–Kier alpha value is -1.85. The Labute approximate surface area is 140 Å². The molecule has 0 saturated carbocycles. The zero-order valence-corrected chi connectivity index (χ0v) is 14.5. The number of fused-ring (bicyclic) bond motifs is 2. The minimum Gasteiger partial charge on any atom is -0.305 e. The fourth-order valence-electron chi connectivity index (χ4n) is 3.02. The van der Waals surface area contributed by atoms with Crippen LogP contribution in [-0.4, -0.2) is 39.8 Å². The number of aromatic nitrogens is 3. The lowest BCUT2D eigenvalue weighted by molar-refractivity contribution is 0.330. The van der Waals surface area contributed by atoms with Crippen LogP contribution in [0.1, 0.15) is 12.5 Å². The molecule has 0 radical (unpaired) electrons. The number of aryl methyl sites for hydroxylation is 1. The Bertz CT molecular complexity index is 884. The third-order valence-electron chi connectivity index (χ3n) is 4.55. The van der Waals surface area contributed by atoms with Crippen molar-refractivity contribution in [3.8, 4) is 11.3 Å². The van der Waals surface area contributed by atoms with E-state index in [0.29, 0.717) is 0 Å². The number of pyridine rings is 1. The van der Waals surface area contributed by atoms with Gasteiger partial charge in [-0.15, -0.1) is 0 Å². The molecule has 0 fully saturated rings. The third kappa shape index (κ3) is 2.35. The molecule has 1 aliphatic heterocycles. The predicted octanol–water partition coefficient (Wildman–Crippen LogP) is 3.82. The fraction of sp³-hybridized carbons (Fsp3) is 0.333. The van der Waals surface area contributed by atoms with Gasteiger partial charge in [-0.25, -0.2) is 0 Å². The van der Waals surface area contributed by atoms with Gasteiger partial charge in [0, 0.05) is 39.7 Å². The van der Waals surface area contributed by atoms with E-state index in [1.54, 1.807) is 0 Å². The maximum Gasteiger partial charge on any atom is 0.104 e. The molecular weight excluding hydrogens is 304 g/mol. The maximum absolute atomic E-state index is 4.95. The Morgan fingerprint density at radius 3 is 2.96 bits per heavy atom. The van der Waals surface area contributed by atoms with Crippen LogP contribution in [0.15, 0.2) is 40.4 Å². The van der Waals surface area contributed by atoms with Gasteiger partial charge >= 0.3 is 0 Å². The van der Waals surface area contributed by atoms with Crippen molar-refractivity contribution in [1.82, 2.24) is 19.7 Å². The highest BCUT2D eigenvalue weighted by Crippen LogP contribution is 2.48. The Kier molecular flexibility index (Phi) is 3.62. The lowest BCUT2D eigenvalue weighted by atomic mass is 10.1. The Balaban J connectivity index is 1.89. The minimum atomic E-state index is 0.906. The van der Waals surface area contributed by atoms with E-state index in [2.05, 4.69) is 53.7 Å². The highest BCUT2D eigenvalue weighted by Gasteiger charge is 2.25. The quantitative estimate of drug-likeness (QED) is 0.571. The average Bonchev–Trinajstić information content (AvgIpc) is 2.95. The van der Waals surface area contributed by atoms with E-state index in [9.17, 15) is 0 Å². The smallest absolute Gasteiger partial charge is 0.104 e. The van der Waals surface area contributed by atoms with Crippen LogP contribution >= 0.6 is 11.8 Å². The molecule has 0 aliphatic carbocycles. The summed E-state index contributed by atoms with van der Waals surface area (Å²) < 4.78 is 2.16. The summed E-state index contributed by atoms with van der Waals surface area (Å²) >= 11 is 1.84. The van der Waals surface area contributed by atoms with Crippen molar-refractivity contribution in [2.75, 3.05) is 20.1 Å². The lowest BCUT2D eigenvalue weighted by Crippen LogP contribution is -2.23. The summed E-state index contributed by atoms with van der Waals surface area (Å²) in [6, 6.07) is 6.51. The Morgan fingerprint density at radius 1 is 1.26 bits per heavy atom. The zero-order chi connectivity index (χ0) is 16.0. The van der Waals surface area contributed by atoms with Crippen molar-refractivity contribution in [1.29, 1.82) is 0 Å². The molecule has 2 aromatic heterocycles. The highest BCUT2D eigenvalue weighted by atomic mass is 32.2. The van der Waals surface area contributed by atoms with Gasteiger partial charge in [0.05, 0.1) is 12.1 Å². The number of hydrogen-bond donors (Lipinski definition) is 0. The molecule has 0 atom stereocenters. The van der Waals surface area contributed by atoms with Crippen molar-refractivity contribution in [3.63, 3.8) is 0 Å². The second-order valence-corrected chi connectivity index (χ2v) is 7.10. The molecule has 0 unspecified atom stereocenters. The first-order valence-corrected chi connectivity index (χ1v) is 8.81. The van der Waals surface area contributed by atoms with E-state index in [4.69, 9.17) is 5.10 Å². The molecule has 0 spiro atoms. The molecular formula is C18H20N4S. The van der Waals surface area contributed by atoms with Gasteiger partial charge in [-0.2, -0.15) is 5.10 Å². The van der Waals surface area contributed by atoms with Gasteiger partial charge in [0.15, 0.2) is 0 Å². The van der Waals surface area contributed by atoms with Crippen LogP contribution < -0.4 is 0 Å². The molecule has 118 valence electrons. The Morgan fingerprint density at radius 2 is 2.13 bits per heavy atom. The number of nitrogens with zero attached hydrogens (tertiary/aromatic N) is 4. The average molecular weight is 324 g/mol. The summed E-state index contributed by atoms with van der Waals surface area (Å²) in [5, 5.41) is 6.23.